The molecule has 0 radical (unpaired) electrons. The normalized spacial score (nSPS) is 23.1. The van der Waals surface area contributed by atoms with Crippen LogP contribution in [0.5, 0.6) is 5.75 Å². The topological polar surface area (TPSA) is 52.6 Å². The first-order valence-electron chi connectivity index (χ1n) is 7.22. The highest BCUT2D eigenvalue weighted by Gasteiger charge is 2.52. The smallest absolute Gasteiger partial charge is 0.334 e. The summed E-state index contributed by atoms with van der Waals surface area (Å²) in [5.74, 6) is 0.415. The van der Waals surface area contributed by atoms with Crippen molar-refractivity contribution in [1.82, 2.24) is 0 Å². The minimum absolute atomic E-state index is 0.0388. The Morgan fingerprint density at radius 3 is 2.90 bits per heavy atom. The molecule has 21 heavy (non-hydrogen) atoms. The molecule has 0 fully saturated rings. The molecule has 1 spiro atoms. The van der Waals surface area contributed by atoms with Gasteiger partial charge in [0.25, 0.3) is 0 Å². The van der Waals surface area contributed by atoms with Gasteiger partial charge in [0.1, 0.15) is 5.75 Å². The molecule has 3 rings (SSSR count). The van der Waals surface area contributed by atoms with Gasteiger partial charge in [0.2, 0.25) is 0 Å². The number of benzene rings is 1. The number of hydrogen-bond acceptors (Lipinski definition) is 4. The molecule has 1 aromatic carbocycles. The van der Waals surface area contributed by atoms with E-state index in [1.54, 1.807) is 26.2 Å². The average molecular weight is 286 g/mol. The van der Waals surface area contributed by atoms with Crippen LogP contribution in [0.3, 0.4) is 0 Å². The lowest BCUT2D eigenvalue weighted by atomic mass is 9.77. The number of hydrogen-bond donors (Lipinski definition) is 0. The highest BCUT2D eigenvalue weighted by atomic mass is 16.5. The summed E-state index contributed by atoms with van der Waals surface area (Å²) in [6, 6.07) is 5.48. The van der Waals surface area contributed by atoms with E-state index < -0.39 is 5.41 Å². The van der Waals surface area contributed by atoms with Crippen LogP contribution in [-0.2, 0) is 16.0 Å². The van der Waals surface area contributed by atoms with Crippen molar-refractivity contribution in [1.29, 1.82) is 0 Å². The number of carbonyl (C=O) groups is 2. The van der Waals surface area contributed by atoms with E-state index in [4.69, 9.17) is 9.47 Å². The third-order valence-corrected chi connectivity index (χ3v) is 4.41. The highest BCUT2D eigenvalue weighted by Crippen LogP contribution is 2.50. The van der Waals surface area contributed by atoms with Crippen LogP contribution in [0.4, 0.5) is 0 Å². The van der Waals surface area contributed by atoms with Crippen molar-refractivity contribution in [2.75, 3.05) is 13.7 Å². The molecular formula is C17H18O4. The Kier molecular flexibility index (Phi) is 3.32. The van der Waals surface area contributed by atoms with Crippen LogP contribution in [0.1, 0.15) is 35.7 Å². The first-order valence-corrected chi connectivity index (χ1v) is 7.22. The number of fused-ring (bicyclic) bond motifs is 1. The summed E-state index contributed by atoms with van der Waals surface area (Å²) >= 11 is 0. The highest BCUT2D eigenvalue weighted by molar-refractivity contribution is 6.12. The molecule has 1 aromatic rings. The molecule has 1 atom stereocenters. The Morgan fingerprint density at radius 1 is 1.38 bits per heavy atom. The van der Waals surface area contributed by atoms with Crippen LogP contribution in [0.15, 0.2) is 29.8 Å². The molecular weight excluding hydrogens is 268 g/mol. The molecule has 0 saturated heterocycles. The predicted octanol–water partition coefficient (Wildman–Crippen LogP) is 2.70. The average Bonchev–Trinajstić information content (AvgIpc) is 3.02. The molecule has 0 aliphatic heterocycles. The quantitative estimate of drug-likeness (QED) is 0.802. The van der Waals surface area contributed by atoms with Crippen LogP contribution in [0.25, 0.3) is 0 Å². The molecule has 0 bridgehead atoms. The van der Waals surface area contributed by atoms with Gasteiger partial charge in [0, 0.05) is 11.1 Å². The lowest BCUT2D eigenvalue weighted by Gasteiger charge is -2.24. The predicted molar refractivity (Wildman–Crippen MR) is 77.4 cm³/mol. The molecule has 1 unspecified atom stereocenters. The summed E-state index contributed by atoms with van der Waals surface area (Å²) < 4.78 is 10.3. The molecule has 2 aliphatic rings. The van der Waals surface area contributed by atoms with E-state index in [9.17, 15) is 9.59 Å². The zero-order chi connectivity index (χ0) is 15.0. The van der Waals surface area contributed by atoms with E-state index in [0.717, 1.165) is 17.7 Å². The first-order chi connectivity index (χ1) is 10.1. The molecule has 0 saturated carbocycles. The molecule has 0 aromatic heterocycles. The maximum atomic E-state index is 12.9. The van der Waals surface area contributed by atoms with Crippen molar-refractivity contribution >= 4 is 11.8 Å². The van der Waals surface area contributed by atoms with Gasteiger partial charge in [0.15, 0.2) is 5.78 Å². The van der Waals surface area contributed by atoms with Gasteiger partial charge < -0.3 is 9.47 Å². The van der Waals surface area contributed by atoms with E-state index in [1.807, 2.05) is 12.1 Å². The molecule has 110 valence electrons. The largest absolute Gasteiger partial charge is 0.497 e. The molecule has 0 heterocycles. The monoisotopic (exact) mass is 286 g/mol. The lowest BCUT2D eigenvalue weighted by Crippen LogP contribution is -2.32. The zero-order valence-electron chi connectivity index (χ0n) is 12.3. The number of allylic oxidation sites excluding steroid dienone is 1. The Bertz CT molecular complexity index is 644. The van der Waals surface area contributed by atoms with Crippen molar-refractivity contribution in [2.45, 2.75) is 26.2 Å². The van der Waals surface area contributed by atoms with Gasteiger partial charge in [-0.3, -0.25) is 4.79 Å². The number of esters is 1. The van der Waals surface area contributed by atoms with E-state index in [-0.39, 0.29) is 11.8 Å². The van der Waals surface area contributed by atoms with E-state index in [0.29, 0.717) is 30.6 Å². The summed E-state index contributed by atoms with van der Waals surface area (Å²) in [6.45, 7) is 2.09. The molecule has 4 nitrogen and oxygen atoms in total. The Labute approximate surface area is 123 Å². The first kappa shape index (κ1) is 13.9. The molecule has 0 N–H and O–H groups in total. The summed E-state index contributed by atoms with van der Waals surface area (Å²) in [4.78, 5) is 25.0. The number of carbonyl (C=O) groups excluding carboxylic acids is 2. The Balaban J connectivity index is 1.99. The van der Waals surface area contributed by atoms with Crippen molar-refractivity contribution in [2.24, 2.45) is 5.41 Å². The fourth-order valence-corrected chi connectivity index (χ4v) is 3.43. The second kappa shape index (κ2) is 5.02. The van der Waals surface area contributed by atoms with Crippen LogP contribution in [-0.4, -0.2) is 25.5 Å². The van der Waals surface area contributed by atoms with Gasteiger partial charge >= 0.3 is 5.97 Å². The SMILES string of the molecule is CCOC(=O)C1=CCCC12Cc1cc(OC)ccc1C2=O. The number of ether oxygens (including phenoxy) is 2. The number of ketones is 1. The van der Waals surface area contributed by atoms with Gasteiger partial charge in [-0.2, -0.15) is 0 Å². The fraction of sp³-hybridized carbons (Fsp3) is 0.412. The van der Waals surface area contributed by atoms with Crippen molar-refractivity contribution in [3.8, 4) is 5.75 Å². The molecule has 2 aliphatic carbocycles. The summed E-state index contributed by atoms with van der Waals surface area (Å²) in [5.41, 5.74) is 1.47. The van der Waals surface area contributed by atoms with Gasteiger partial charge in [0.05, 0.1) is 19.1 Å². The van der Waals surface area contributed by atoms with Gasteiger partial charge in [-0.15, -0.1) is 0 Å². The van der Waals surface area contributed by atoms with E-state index in [2.05, 4.69) is 0 Å². The van der Waals surface area contributed by atoms with Crippen LogP contribution >= 0.6 is 0 Å². The van der Waals surface area contributed by atoms with Crippen molar-refractivity contribution in [3.05, 3.63) is 41.0 Å². The molecule has 4 heteroatoms. The standard InChI is InChI=1S/C17H18O4/c1-3-21-16(19)14-5-4-8-17(14)10-11-9-12(20-2)6-7-13(11)15(17)18/h5-7,9H,3-4,8,10H2,1-2H3. The third-order valence-electron chi connectivity index (χ3n) is 4.41. The van der Waals surface area contributed by atoms with Gasteiger partial charge in [-0.25, -0.2) is 4.79 Å². The maximum absolute atomic E-state index is 12.9. The van der Waals surface area contributed by atoms with Gasteiger partial charge in [-0.05, 0) is 49.9 Å². The summed E-state index contributed by atoms with van der Waals surface area (Å²) in [7, 11) is 1.60. The Morgan fingerprint density at radius 2 is 2.19 bits per heavy atom. The van der Waals surface area contributed by atoms with E-state index >= 15 is 0 Å². The van der Waals surface area contributed by atoms with Crippen LogP contribution < -0.4 is 4.74 Å². The van der Waals surface area contributed by atoms with Crippen LogP contribution in [0, 0.1) is 5.41 Å². The Hall–Kier alpha value is -2.10. The van der Waals surface area contributed by atoms with Crippen molar-refractivity contribution in [3.63, 3.8) is 0 Å². The van der Waals surface area contributed by atoms with Gasteiger partial charge in [-0.1, -0.05) is 6.08 Å². The minimum Gasteiger partial charge on any atom is -0.497 e. The zero-order valence-corrected chi connectivity index (χ0v) is 12.3. The molecule has 0 amide bonds. The lowest BCUT2D eigenvalue weighted by molar-refractivity contribution is -0.139. The summed E-state index contributed by atoms with van der Waals surface area (Å²) in [5, 5.41) is 0. The number of Topliss-reactive ketones (excluding diaryl/α,β-unsaturated/α-hetero) is 1. The van der Waals surface area contributed by atoms with Crippen LogP contribution in [0.2, 0.25) is 0 Å². The van der Waals surface area contributed by atoms with E-state index in [1.165, 1.54) is 0 Å². The second-order valence-electron chi connectivity index (χ2n) is 5.49. The maximum Gasteiger partial charge on any atom is 0.334 e. The fourth-order valence-electron chi connectivity index (χ4n) is 3.43. The summed E-state index contributed by atoms with van der Waals surface area (Å²) in [6.07, 6.45) is 3.84. The van der Waals surface area contributed by atoms with Crippen molar-refractivity contribution < 1.29 is 19.1 Å². The minimum atomic E-state index is -0.721. The number of methoxy groups -OCH3 is 1. The second-order valence-corrected chi connectivity index (χ2v) is 5.49. The number of rotatable bonds is 3. The third kappa shape index (κ3) is 1.97.